The Hall–Kier alpha value is -1.40. The zero-order valence-electron chi connectivity index (χ0n) is 7.42. The molecule has 1 aromatic carbocycles. The van der Waals surface area contributed by atoms with Gasteiger partial charge in [-0.25, -0.2) is 4.39 Å². The molecule has 0 aliphatic carbocycles. The minimum Gasteiger partial charge on any atom is -0.298 e. The molecule has 0 amide bonds. The molecule has 0 aromatic heterocycles. The molecule has 0 aliphatic rings. The summed E-state index contributed by atoms with van der Waals surface area (Å²) in [5.41, 5.74) is 0.0596. The monoisotopic (exact) mass is 211 g/mol. The molecule has 1 unspecified atom stereocenters. The van der Waals surface area contributed by atoms with E-state index >= 15 is 0 Å². The molecule has 0 saturated carbocycles. The van der Waals surface area contributed by atoms with E-state index in [2.05, 4.69) is 0 Å². The number of Topliss-reactive ketones (excluding diaryl/α,β-unsaturated/α-hetero) is 1. The van der Waals surface area contributed by atoms with Crippen molar-refractivity contribution in [1.29, 1.82) is 5.26 Å². The first-order chi connectivity index (χ1) is 6.57. The second-order valence-corrected chi connectivity index (χ2v) is 3.22. The average Bonchev–Trinajstić information content (AvgIpc) is 2.16. The molecule has 72 valence electrons. The van der Waals surface area contributed by atoms with Crippen LogP contribution in [0.5, 0.6) is 0 Å². The van der Waals surface area contributed by atoms with E-state index in [9.17, 15) is 9.18 Å². The molecule has 0 spiro atoms. The van der Waals surface area contributed by atoms with Crippen LogP contribution < -0.4 is 0 Å². The third-order valence-electron chi connectivity index (χ3n) is 1.78. The molecule has 0 fully saturated rings. The summed E-state index contributed by atoms with van der Waals surface area (Å²) in [4.78, 5) is 11.0. The van der Waals surface area contributed by atoms with E-state index in [4.69, 9.17) is 16.9 Å². The lowest BCUT2D eigenvalue weighted by Crippen LogP contribution is -2.06. The van der Waals surface area contributed by atoms with E-state index in [1.54, 1.807) is 6.07 Å². The van der Waals surface area contributed by atoms with Crippen LogP contribution >= 0.6 is 11.6 Å². The van der Waals surface area contributed by atoms with Crippen LogP contribution in [0.15, 0.2) is 18.2 Å². The smallest absolute Gasteiger partial charge is 0.152 e. The molecule has 4 heteroatoms. The largest absolute Gasteiger partial charge is 0.298 e. The van der Waals surface area contributed by atoms with Gasteiger partial charge in [0.2, 0.25) is 0 Å². The molecule has 0 bridgehead atoms. The summed E-state index contributed by atoms with van der Waals surface area (Å²) in [6.45, 7) is 1.26. The number of halogens is 2. The van der Waals surface area contributed by atoms with Crippen LogP contribution in [0.3, 0.4) is 0 Å². The van der Waals surface area contributed by atoms with Gasteiger partial charge in [0.15, 0.2) is 5.78 Å². The van der Waals surface area contributed by atoms with Crippen molar-refractivity contribution in [3.05, 3.63) is 35.1 Å². The van der Waals surface area contributed by atoms with Gasteiger partial charge in [-0.15, -0.1) is 11.6 Å². The molecule has 1 atom stereocenters. The first kappa shape index (κ1) is 10.7. The Labute approximate surface area is 85.9 Å². The van der Waals surface area contributed by atoms with Crippen LogP contribution in [0.2, 0.25) is 0 Å². The predicted octanol–water partition coefficient (Wildman–Crippen LogP) is 2.57. The second-order valence-electron chi connectivity index (χ2n) is 2.79. The van der Waals surface area contributed by atoms with Crippen LogP contribution in [0.4, 0.5) is 4.39 Å². The van der Waals surface area contributed by atoms with Gasteiger partial charge in [-0.05, 0) is 19.1 Å². The summed E-state index contributed by atoms with van der Waals surface area (Å²) in [6.07, 6.45) is 0. The number of hydrogen-bond acceptors (Lipinski definition) is 2. The minimum atomic E-state index is -1.09. The van der Waals surface area contributed by atoms with Gasteiger partial charge < -0.3 is 0 Å². The van der Waals surface area contributed by atoms with Crippen molar-refractivity contribution in [2.45, 2.75) is 12.3 Å². The fourth-order valence-corrected chi connectivity index (χ4v) is 1.32. The van der Waals surface area contributed by atoms with Gasteiger partial charge in [0.1, 0.15) is 11.2 Å². The number of rotatable bonds is 2. The van der Waals surface area contributed by atoms with Gasteiger partial charge in [0.25, 0.3) is 0 Å². The molecule has 1 rings (SSSR count). The molecule has 0 saturated heterocycles. The van der Waals surface area contributed by atoms with Crippen molar-refractivity contribution < 1.29 is 9.18 Å². The Morgan fingerprint density at radius 3 is 2.79 bits per heavy atom. The Balaban J connectivity index is 3.32. The predicted molar refractivity (Wildman–Crippen MR) is 50.4 cm³/mol. The van der Waals surface area contributed by atoms with Gasteiger partial charge in [-0.3, -0.25) is 4.79 Å². The highest BCUT2D eigenvalue weighted by Gasteiger charge is 2.20. The van der Waals surface area contributed by atoms with Crippen molar-refractivity contribution in [3.63, 3.8) is 0 Å². The van der Waals surface area contributed by atoms with E-state index in [-0.39, 0.29) is 16.9 Å². The zero-order valence-corrected chi connectivity index (χ0v) is 8.18. The SMILES string of the molecule is CC(=O)C(Cl)c1c(F)cccc1C#N. The number of carbonyl (C=O) groups excluding carboxylic acids is 1. The maximum Gasteiger partial charge on any atom is 0.152 e. The van der Waals surface area contributed by atoms with E-state index < -0.39 is 11.2 Å². The molecule has 0 heterocycles. The zero-order chi connectivity index (χ0) is 10.7. The minimum absolute atomic E-state index is 0.0378. The number of ketones is 1. The number of nitrogens with zero attached hydrogens (tertiary/aromatic N) is 1. The van der Waals surface area contributed by atoms with Gasteiger partial charge >= 0.3 is 0 Å². The average molecular weight is 212 g/mol. The van der Waals surface area contributed by atoms with Gasteiger partial charge in [0.05, 0.1) is 11.6 Å². The van der Waals surface area contributed by atoms with Crippen molar-refractivity contribution in [2.75, 3.05) is 0 Å². The van der Waals surface area contributed by atoms with Gasteiger partial charge in [-0.2, -0.15) is 5.26 Å². The number of nitriles is 1. The van der Waals surface area contributed by atoms with E-state index in [0.717, 1.165) is 0 Å². The Morgan fingerprint density at radius 2 is 2.29 bits per heavy atom. The Bertz CT molecular complexity index is 411. The van der Waals surface area contributed by atoms with E-state index in [1.807, 2.05) is 0 Å². The Morgan fingerprint density at radius 1 is 1.64 bits per heavy atom. The van der Waals surface area contributed by atoms with E-state index in [1.165, 1.54) is 25.1 Å². The molecular formula is C10H7ClFNO. The molecule has 0 radical (unpaired) electrons. The fourth-order valence-electron chi connectivity index (χ4n) is 1.10. The topological polar surface area (TPSA) is 40.9 Å². The normalized spacial score (nSPS) is 11.9. The lowest BCUT2D eigenvalue weighted by Gasteiger charge is -2.08. The molecule has 14 heavy (non-hydrogen) atoms. The summed E-state index contributed by atoms with van der Waals surface area (Å²) in [5.74, 6) is -1.01. The van der Waals surface area contributed by atoms with Crippen molar-refractivity contribution in [1.82, 2.24) is 0 Å². The lowest BCUT2D eigenvalue weighted by atomic mass is 10.0. The first-order valence-electron chi connectivity index (χ1n) is 3.91. The Kier molecular flexibility index (Phi) is 3.21. The number of hydrogen-bond donors (Lipinski definition) is 0. The highest BCUT2D eigenvalue weighted by atomic mass is 35.5. The standard InChI is InChI=1S/C10H7ClFNO/c1-6(14)10(11)9-7(5-13)3-2-4-8(9)12/h2-4,10H,1H3. The van der Waals surface area contributed by atoms with Crippen LogP contribution in [0, 0.1) is 17.1 Å². The first-order valence-corrected chi connectivity index (χ1v) is 4.34. The summed E-state index contributed by atoms with van der Waals surface area (Å²) in [5, 5.41) is 7.60. The van der Waals surface area contributed by atoms with Crippen molar-refractivity contribution in [2.24, 2.45) is 0 Å². The third kappa shape index (κ3) is 1.91. The summed E-state index contributed by atoms with van der Waals surface area (Å²) in [6, 6.07) is 5.80. The third-order valence-corrected chi connectivity index (χ3v) is 2.31. The number of alkyl halides is 1. The molecule has 0 aliphatic heterocycles. The van der Waals surface area contributed by atoms with Crippen molar-refractivity contribution in [3.8, 4) is 6.07 Å². The highest BCUT2D eigenvalue weighted by Crippen LogP contribution is 2.27. The molecule has 2 nitrogen and oxygen atoms in total. The number of carbonyl (C=O) groups is 1. The maximum absolute atomic E-state index is 13.3. The molecule has 0 N–H and O–H groups in total. The summed E-state index contributed by atoms with van der Waals surface area (Å²) >= 11 is 5.69. The fraction of sp³-hybridized carbons (Fsp3) is 0.200. The van der Waals surface area contributed by atoms with E-state index in [0.29, 0.717) is 0 Å². The van der Waals surface area contributed by atoms with Crippen LogP contribution in [0.25, 0.3) is 0 Å². The lowest BCUT2D eigenvalue weighted by molar-refractivity contribution is -0.116. The maximum atomic E-state index is 13.3. The van der Waals surface area contributed by atoms with Gasteiger partial charge in [-0.1, -0.05) is 6.07 Å². The number of benzene rings is 1. The van der Waals surface area contributed by atoms with Crippen molar-refractivity contribution >= 4 is 17.4 Å². The molecular weight excluding hydrogens is 205 g/mol. The second kappa shape index (κ2) is 4.21. The summed E-state index contributed by atoms with van der Waals surface area (Å²) in [7, 11) is 0. The van der Waals surface area contributed by atoms with Crippen LogP contribution in [-0.4, -0.2) is 5.78 Å². The molecule has 1 aromatic rings. The van der Waals surface area contributed by atoms with Crippen LogP contribution in [-0.2, 0) is 4.79 Å². The van der Waals surface area contributed by atoms with Crippen LogP contribution in [0.1, 0.15) is 23.4 Å². The summed E-state index contributed by atoms with van der Waals surface area (Å²) < 4.78 is 13.3. The van der Waals surface area contributed by atoms with Gasteiger partial charge in [0, 0.05) is 5.56 Å². The highest BCUT2D eigenvalue weighted by molar-refractivity contribution is 6.31. The quantitative estimate of drug-likeness (QED) is 0.706.